The van der Waals surface area contributed by atoms with E-state index in [1.54, 1.807) is 0 Å². The van der Waals surface area contributed by atoms with Crippen LogP contribution in [0.15, 0.2) is 5.16 Å². The van der Waals surface area contributed by atoms with E-state index in [1.165, 1.54) is 23.1 Å². The van der Waals surface area contributed by atoms with Crippen LogP contribution in [0.5, 0.6) is 0 Å². The molecule has 0 saturated heterocycles. The first kappa shape index (κ1) is 14.9. The van der Waals surface area contributed by atoms with Crippen LogP contribution in [0, 0.1) is 13.8 Å². The zero-order chi connectivity index (χ0) is 14.5. The van der Waals surface area contributed by atoms with Crippen molar-refractivity contribution in [2.75, 3.05) is 11.1 Å². The zero-order valence-electron chi connectivity index (χ0n) is 11.6. The maximum atomic E-state index is 11.8. The van der Waals surface area contributed by atoms with Crippen molar-refractivity contribution in [3.63, 3.8) is 0 Å². The molecular weight excluding hydrogens is 296 g/mol. The van der Waals surface area contributed by atoms with Crippen LogP contribution in [0.3, 0.4) is 0 Å². The molecule has 0 unspecified atom stereocenters. The predicted octanol–water partition coefficient (Wildman–Crippen LogP) is 1.89. The third-order valence-electron chi connectivity index (χ3n) is 2.45. The Hall–Kier alpha value is -1.48. The van der Waals surface area contributed by atoms with Gasteiger partial charge in [0.1, 0.15) is 10.8 Å². The van der Waals surface area contributed by atoms with Gasteiger partial charge in [-0.15, -0.1) is 20.4 Å². The van der Waals surface area contributed by atoms with Gasteiger partial charge in [0.05, 0.1) is 5.75 Å². The number of hydrogen-bond donors (Lipinski definition) is 1. The molecule has 0 bridgehead atoms. The Morgan fingerprint density at radius 2 is 2.10 bits per heavy atom. The van der Waals surface area contributed by atoms with Gasteiger partial charge in [-0.1, -0.05) is 30.0 Å². The van der Waals surface area contributed by atoms with E-state index in [1.807, 2.05) is 18.4 Å². The second kappa shape index (κ2) is 6.80. The molecule has 0 aliphatic carbocycles. The van der Waals surface area contributed by atoms with E-state index in [0.717, 1.165) is 29.0 Å². The number of amides is 1. The van der Waals surface area contributed by atoms with Crippen LogP contribution in [0.4, 0.5) is 5.13 Å². The second-order valence-electron chi connectivity index (χ2n) is 4.14. The van der Waals surface area contributed by atoms with Crippen LogP contribution in [0.2, 0.25) is 0 Å². The van der Waals surface area contributed by atoms with Crippen molar-refractivity contribution in [1.82, 2.24) is 25.0 Å². The van der Waals surface area contributed by atoms with Gasteiger partial charge in [0.25, 0.3) is 0 Å². The highest BCUT2D eigenvalue weighted by molar-refractivity contribution is 7.99. The molecule has 2 heterocycles. The molecule has 7 nitrogen and oxygen atoms in total. The number of aromatic nitrogens is 5. The molecule has 20 heavy (non-hydrogen) atoms. The Morgan fingerprint density at radius 3 is 2.75 bits per heavy atom. The summed E-state index contributed by atoms with van der Waals surface area (Å²) in [5.74, 6) is 1.03. The van der Waals surface area contributed by atoms with E-state index >= 15 is 0 Å². The molecule has 2 aromatic rings. The number of nitrogens with one attached hydrogen (secondary N) is 1. The Bertz CT molecular complexity index is 594. The molecule has 0 aromatic carbocycles. The van der Waals surface area contributed by atoms with Crippen LogP contribution in [0.25, 0.3) is 0 Å². The Morgan fingerprint density at radius 1 is 1.30 bits per heavy atom. The fourth-order valence-corrected chi connectivity index (χ4v) is 3.00. The van der Waals surface area contributed by atoms with Gasteiger partial charge in [-0.3, -0.25) is 10.1 Å². The molecular formula is C11H16N6OS2. The van der Waals surface area contributed by atoms with Crippen molar-refractivity contribution in [2.45, 2.75) is 38.9 Å². The molecule has 108 valence electrons. The van der Waals surface area contributed by atoms with Gasteiger partial charge in [0.2, 0.25) is 11.0 Å². The van der Waals surface area contributed by atoms with Crippen molar-refractivity contribution >= 4 is 34.1 Å². The highest BCUT2D eigenvalue weighted by atomic mass is 32.2. The zero-order valence-corrected chi connectivity index (χ0v) is 13.2. The van der Waals surface area contributed by atoms with E-state index in [4.69, 9.17) is 0 Å². The van der Waals surface area contributed by atoms with Crippen LogP contribution in [0.1, 0.15) is 24.2 Å². The van der Waals surface area contributed by atoms with E-state index < -0.39 is 0 Å². The molecule has 1 N–H and O–H groups in total. The summed E-state index contributed by atoms with van der Waals surface area (Å²) in [5.41, 5.74) is 0. The number of carbonyl (C=O) groups is 1. The highest BCUT2D eigenvalue weighted by Gasteiger charge is 2.12. The van der Waals surface area contributed by atoms with Crippen molar-refractivity contribution in [1.29, 1.82) is 0 Å². The molecule has 1 amide bonds. The van der Waals surface area contributed by atoms with Crippen molar-refractivity contribution in [3.8, 4) is 0 Å². The molecule has 0 aliphatic heterocycles. The summed E-state index contributed by atoms with van der Waals surface area (Å²) in [5, 5.41) is 20.7. The molecule has 0 atom stereocenters. The maximum Gasteiger partial charge on any atom is 0.236 e. The van der Waals surface area contributed by atoms with Gasteiger partial charge < -0.3 is 4.57 Å². The number of nitrogens with zero attached hydrogens (tertiary/aromatic N) is 5. The smallest absolute Gasteiger partial charge is 0.236 e. The molecule has 0 spiro atoms. The first-order chi connectivity index (χ1) is 9.60. The molecule has 2 aromatic heterocycles. The fourth-order valence-electron chi connectivity index (χ4n) is 1.58. The van der Waals surface area contributed by atoms with E-state index in [0.29, 0.717) is 5.13 Å². The summed E-state index contributed by atoms with van der Waals surface area (Å²) in [7, 11) is 0. The Kier molecular flexibility index (Phi) is 5.07. The van der Waals surface area contributed by atoms with Crippen LogP contribution < -0.4 is 5.32 Å². The summed E-state index contributed by atoms with van der Waals surface area (Å²) in [6.45, 7) is 6.71. The van der Waals surface area contributed by atoms with Gasteiger partial charge in [0.15, 0.2) is 5.16 Å². The van der Waals surface area contributed by atoms with Crippen LogP contribution in [-0.4, -0.2) is 36.6 Å². The van der Waals surface area contributed by atoms with Crippen molar-refractivity contribution < 1.29 is 4.79 Å². The first-order valence-corrected chi connectivity index (χ1v) is 8.03. The number of carbonyl (C=O) groups excluding carboxylic acids is 1. The minimum Gasteiger partial charge on any atom is -0.306 e. The third kappa shape index (κ3) is 3.76. The summed E-state index contributed by atoms with van der Waals surface area (Å²) in [6, 6.07) is 0. The third-order valence-corrected chi connectivity index (χ3v) is 4.17. The topological polar surface area (TPSA) is 85.6 Å². The van der Waals surface area contributed by atoms with E-state index in [-0.39, 0.29) is 11.7 Å². The molecule has 0 fully saturated rings. The molecule has 9 heteroatoms. The van der Waals surface area contributed by atoms with Gasteiger partial charge in [-0.25, -0.2) is 0 Å². The molecule has 0 saturated carbocycles. The van der Waals surface area contributed by atoms with Gasteiger partial charge in [0, 0.05) is 6.54 Å². The van der Waals surface area contributed by atoms with Gasteiger partial charge in [-0.2, -0.15) is 0 Å². The highest BCUT2D eigenvalue weighted by Crippen LogP contribution is 2.18. The predicted molar refractivity (Wildman–Crippen MR) is 79.0 cm³/mol. The summed E-state index contributed by atoms with van der Waals surface area (Å²) in [4.78, 5) is 11.8. The van der Waals surface area contributed by atoms with Crippen LogP contribution >= 0.6 is 23.1 Å². The number of aryl methyl sites for hydroxylation is 2. The number of hydrogen-bond acceptors (Lipinski definition) is 7. The average molecular weight is 312 g/mol. The normalized spacial score (nSPS) is 10.8. The quantitative estimate of drug-likeness (QED) is 0.820. The van der Waals surface area contributed by atoms with Crippen molar-refractivity contribution in [3.05, 3.63) is 10.8 Å². The number of anilines is 1. The van der Waals surface area contributed by atoms with Crippen molar-refractivity contribution in [2.24, 2.45) is 0 Å². The largest absolute Gasteiger partial charge is 0.306 e. The number of rotatable bonds is 6. The average Bonchev–Trinajstić information content (AvgIpc) is 2.96. The summed E-state index contributed by atoms with van der Waals surface area (Å²) >= 11 is 2.73. The minimum atomic E-state index is -0.116. The summed E-state index contributed by atoms with van der Waals surface area (Å²) in [6.07, 6.45) is 1.00. The fraction of sp³-hybridized carbons (Fsp3) is 0.545. The maximum absolute atomic E-state index is 11.8. The summed E-state index contributed by atoms with van der Waals surface area (Å²) < 4.78 is 2.02. The van der Waals surface area contributed by atoms with Gasteiger partial charge in [-0.05, 0) is 20.3 Å². The minimum absolute atomic E-state index is 0.116. The molecule has 0 aliphatic rings. The lowest BCUT2D eigenvalue weighted by Crippen LogP contribution is -2.14. The lowest BCUT2D eigenvalue weighted by atomic mass is 10.5. The SMILES string of the molecule is CCCn1c(C)nnc1SCC(=O)Nc1nnc(C)s1. The second-order valence-corrected chi connectivity index (χ2v) is 6.27. The lowest BCUT2D eigenvalue weighted by Gasteiger charge is -2.06. The Labute approximate surface area is 125 Å². The van der Waals surface area contributed by atoms with E-state index in [2.05, 4.69) is 32.6 Å². The standard InChI is InChI=1S/C11H16N6OS2/c1-4-5-17-7(2)13-16-11(17)19-6-9(18)12-10-15-14-8(3)20-10/h4-6H2,1-3H3,(H,12,15,18). The van der Waals surface area contributed by atoms with Gasteiger partial charge >= 0.3 is 0 Å². The monoisotopic (exact) mass is 312 g/mol. The van der Waals surface area contributed by atoms with E-state index in [9.17, 15) is 4.79 Å². The molecule has 2 rings (SSSR count). The Balaban J connectivity index is 1.90. The lowest BCUT2D eigenvalue weighted by molar-refractivity contribution is -0.113. The first-order valence-electron chi connectivity index (χ1n) is 6.22. The van der Waals surface area contributed by atoms with Crippen LogP contribution in [-0.2, 0) is 11.3 Å². The number of thioether (sulfide) groups is 1. The molecule has 0 radical (unpaired) electrons.